The van der Waals surface area contributed by atoms with E-state index in [9.17, 15) is 0 Å². The summed E-state index contributed by atoms with van der Waals surface area (Å²) in [6.07, 6.45) is 5.32. The zero-order valence-corrected chi connectivity index (χ0v) is 15.2. The molecule has 3 heterocycles. The molecule has 2 aliphatic rings. The third-order valence-corrected chi connectivity index (χ3v) is 6.12. The summed E-state index contributed by atoms with van der Waals surface area (Å²) in [5.41, 5.74) is 1.17. The lowest BCUT2D eigenvalue weighted by Gasteiger charge is -2.27. The average Bonchev–Trinajstić information content (AvgIpc) is 3.01. The summed E-state index contributed by atoms with van der Waals surface area (Å²) < 4.78 is 1.33. The maximum Gasteiger partial charge on any atom is 0.0970 e. The molecule has 0 amide bonds. The minimum absolute atomic E-state index is 0.689. The largest absolute Gasteiger partial charge is 0.316 e. The standard InChI is InChI=1S/C13H16N2S.C6H13N/c1-15-8-6-10(7-9-15)13-14-11-4-2-3-5-12(11)16-13;1-6-3-2-4-7-5-6/h2-5,10H,6-9H2,1H3;6-7H,2-5H2,1H3. The average molecular weight is 332 g/mol. The number of rotatable bonds is 1. The van der Waals surface area contributed by atoms with Gasteiger partial charge in [-0.05, 0) is 77.0 Å². The van der Waals surface area contributed by atoms with Crippen LogP contribution in [0, 0.1) is 5.92 Å². The molecule has 126 valence electrons. The number of piperidine rings is 2. The summed E-state index contributed by atoms with van der Waals surface area (Å²) in [7, 11) is 2.20. The third-order valence-electron chi connectivity index (χ3n) is 4.92. The number of hydrogen-bond acceptors (Lipinski definition) is 4. The Bertz CT molecular complexity index is 562. The van der Waals surface area contributed by atoms with Gasteiger partial charge in [-0.2, -0.15) is 0 Å². The lowest BCUT2D eigenvalue weighted by Crippen LogP contribution is -2.29. The van der Waals surface area contributed by atoms with Gasteiger partial charge in [-0.3, -0.25) is 0 Å². The smallest absolute Gasteiger partial charge is 0.0970 e. The van der Waals surface area contributed by atoms with E-state index in [0.29, 0.717) is 5.92 Å². The lowest BCUT2D eigenvalue weighted by atomic mass is 9.98. The summed E-state index contributed by atoms with van der Waals surface area (Å²) >= 11 is 1.88. The van der Waals surface area contributed by atoms with Crippen molar-refractivity contribution in [3.05, 3.63) is 29.3 Å². The maximum absolute atomic E-state index is 4.76. The normalized spacial score (nSPS) is 23.5. The molecule has 0 radical (unpaired) electrons. The Morgan fingerprint density at radius 3 is 2.57 bits per heavy atom. The number of hydrogen-bond donors (Lipinski definition) is 1. The number of para-hydroxylation sites is 1. The first-order chi connectivity index (χ1) is 11.2. The van der Waals surface area contributed by atoms with Crippen molar-refractivity contribution >= 4 is 21.6 Å². The second kappa shape index (κ2) is 8.22. The molecule has 3 nitrogen and oxygen atoms in total. The predicted molar refractivity (Wildman–Crippen MR) is 100 cm³/mol. The number of thiazole rings is 1. The van der Waals surface area contributed by atoms with Crippen LogP contribution in [-0.2, 0) is 0 Å². The molecular formula is C19H29N3S. The Labute approximate surface area is 144 Å². The highest BCUT2D eigenvalue weighted by molar-refractivity contribution is 7.18. The molecule has 2 saturated heterocycles. The molecule has 1 unspecified atom stereocenters. The lowest BCUT2D eigenvalue weighted by molar-refractivity contribution is 0.255. The fourth-order valence-electron chi connectivity index (χ4n) is 3.35. The maximum atomic E-state index is 4.76. The molecule has 1 aromatic heterocycles. The fraction of sp³-hybridized carbons (Fsp3) is 0.632. The van der Waals surface area contributed by atoms with Gasteiger partial charge in [-0.1, -0.05) is 19.1 Å². The molecule has 23 heavy (non-hydrogen) atoms. The van der Waals surface area contributed by atoms with Crippen molar-refractivity contribution < 1.29 is 0 Å². The number of benzene rings is 1. The van der Waals surface area contributed by atoms with Crippen LogP contribution in [0.4, 0.5) is 0 Å². The van der Waals surface area contributed by atoms with Crippen molar-refractivity contribution in [3.63, 3.8) is 0 Å². The zero-order valence-electron chi connectivity index (χ0n) is 14.4. The number of nitrogens with one attached hydrogen (secondary N) is 1. The van der Waals surface area contributed by atoms with E-state index < -0.39 is 0 Å². The van der Waals surface area contributed by atoms with Gasteiger partial charge >= 0.3 is 0 Å². The Hall–Kier alpha value is -0.970. The Balaban J connectivity index is 0.000000188. The predicted octanol–water partition coefficient (Wildman–Crippen LogP) is 4.11. The van der Waals surface area contributed by atoms with Crippen molar-refractivity contribution in [2.24, 2.45) is 5.92 Å². The summed E-state index contributed by atoms with van der Waals surface area (Å²) in [5, 5.41) is 4.68. The number of nitrogens with zero attached hydrogens (tertiary/aromatic N) is 2. The van der Waals surface area contributed by atoms with Crippen LogP contribution in [-0.4, -0.2) is 43.1 Å². The molecule has 0 bridgehead atoms. The van der Waals surface area contributed by atoms with E-state index in [2.05, 4.69) is 48.5 Å². The van der Waals surface area contributed by atoms with Gasteiger partial charge in [0, 0.05) is 5.92 Å². The summed E-state index contributed by atoms with van der Waals surface area (Å²) in [6, 6.07) is 8.45. The van der Waals surface area contributed by atoms with Crippen molar-refractivity contribution in [1.82, 2.24) is 15.2 Å². The summed E-state index contributed by atoms with van der Waals surface area (Å²) in [5.74, 6) is 1.61. The summed E-state index contributed by atoms with van der Waals surface area (Å²) in [6.45, 7) is 7.19. The van der Waals surface area contributed by atoms with Crippen LogP contribution in [0.15, 0.2) is 24.3 Å². The monoisotopic (exact) mass is 331 g/mol. The van der Waals surface area contributed by atoms with E-state index in [1.165, 1.54) is 67.1 Å². The van der Waals surface area contributed by atoms with E-state index in [1.54, 1.807) is 0 Å². The first-order valence-corrected chi connectivity index (χ1v) is 9.79. The van der Waals surface area contributed by atoms with E-state index in [4.69, 9.17) is 4.98 Å². The molecule has 0 spiro atoms. The third kappa shape index (κ3) is 4.75. The quantitative estimate of drug-likeness (QED) is 0.852. The highest BCUT2D eigenvalue weighted by Gasteiger charge is 2.21. The van der Waals surface area contributed by atoms with E-state index in [-0.39, 0.29) is 0 Å². The van der Waals surface area contributed by atoms with Crippen LogP contribution in [0.1, 0.15) is 43.5 Å². The van der Waals surface area contributed by atoms with Gasteiger partial charge in [0.05, 0.1) is 15.2 Å². The Morgan fingerprint density at radius 1 is 1.17 bits per heavy atom. The molecule has 4 rings (SSSR count). The van der Waals surface area contributed by atoms with Crippen molar-refractivity contribution in [3.8, 4) is 0 Å². The first kappa shape index (κ1) is 16.9. The van der Waals surface area contributed by atoms with Gasteiger partial charge in [0.25, 0.3) is 0 Å². The minimum atomic E-state index is 0.689. The number of likely N-dealkylation sites (tertiary alicyclic amines) is 1. The van der Waals surface area contributed by atoms with Gasteiger partial charge in [-0.15, -0.1) is 11.3 Å². The second-order valence-corrected chi connectivity index (χ2v) is 8.11. The van der Waals surface area contributed by atoms with Crippen molar-refractivity contribution in [2.45, 2.75) is 38.5 Å². The topological polar surface area (TPSA) is 28.2 Å². The van der Waals surface area contributed by atoms with Crippen molar-refractivity contribution in [2.75, 3.05) is 33.2 Å². The van der Waals surface area contributed by atoms with Crippen LogP contribution in [0.25, 0.3) is 10.2 Å². The molecule has 0 aliphatic carbocycles. The summed E-state index contributed by atoms with van der Waals surface area (Å²) in [4.78, 5) is 7.17. The number of aromatic nitrogens is 1. The molecule has 1 atom stereocenters. The van der Waals surface area contributed by atoms with Gasteiger partial charge < -0.3 is 10.2 Å². The SMILES string of the molecule is CC1CCCNC1.CN1CCC(c2nc3ccccc3s2)CC1. The molecule has 1 N–H and O–H groups in total. The van der Waals surface area contributed by atoms with Gasteiger partial charge in [-0.25, -0.2) is 4.98 Å². The van der Waals surface area contributed by atoms with Crippen LogP contribution >= 0.6 is 11.3 Å². The molecule has 0 saturated carbocycles. The van der Waals surface area contributed by atoms with E-state index in [1.807, 2.05) is 11.3 Å². The first-order valence-electron chi connectivity index (χ1n) is 8.97. The highest BCUT2D eigenvalue weighted by atomic mass is 32.1. The fourth-order valence-corrected chi connectivity index (χ4v) is 4.48. The van der Waals surface area contributed by atoms with Crippen LogP contribution in [0.2, 0.25) is 0 Å². The molecule has 2 aliphatic heterocycles. The van der Waals surface area contributed by atoms with Gasteiger partial charge in [0.15, 0.2) is 0 Å². The minimum Gasteiger partial charge on any atom is -0.316 e. The molecule has 4 heteroatoms. The van der Waals surface area contributed by atoms with E-state index in [0.717, 1.165) is 5.92 Å². The zero-order chi connectivity index (χ0) is 16.1. The van der Waals surface area contributed by atoms with Gasteiger partial charge in [0.2, 0.25) is 0 Å². The Morgan fingerprint density at radius 2 is 1.96 bits per heavy atom. The molecule has 2 fully saturated rings. The second-order valence-electron chi connectivity index (χ2n) is 7.05. The molecule has 1 aromatic carbocycles. The molecular weight excluding hydrogens is 302 g/mol. The van der Waals surface area contributed by atoms with Crippen LogP contribution < -0.4 is 5.32 Å². The highest BCUT2D eigenvalue weighted by Crippen LogP contribution is 2.33. The van der Waals surface area contributed by atoms with E-state index >= 15 is 0 Å². The van der Waals surface area contributed by atoms with Gasteiger partial charge in [0.1, 0.15) is 0 Å². The van der Waals surface area contributed by atoms with Crippen molar-refractivity contribution in [1.29, 1.82) is 0 Å². The van der Waals surface area contributed by atoms with Crippen LogP contribution in [0.5, 0.6) is 0 Å². The van der Waals surface area contributed by atoms with Crippen LogP contribution in [0.3, 0.4) is 0 Å². The number of fused-ring (bicyclic) bond motifs is 1. The Kier molecular flexibility index (Phi) is 6.03. The molecule has 2 aromatic rings.